The molecule has 1 aliphatic rings. The van der Waals surface area contributed by atoms with E-state index in [-0.39, 0.29) is 55.5 Å². The second-order valence-corrected chi connectivity index (χ2v) is 13.4. The van der Waals surface area contributed by atoms with Crippen molar-refractivity contribution in [2.45, 2.75) is 74.4 Å². The first kappa shape index (κ1) is 37.9. The zero-order valence-electron chi connectivity index (χ0n) is 27.0. The largest absolute Gasteiger partial charge is 0.480 e. The molecular weight excluding hydrogens is 640 g/mol. The summed E-state index contributed by atoms with van der Waals surface area (Å²) in [5, 5.41) is 30.9. The van der Waals surface area contributed by atoms with Gasteiger partial charge >= 0.3 is 5.97 Å². The number of anilines is 1. The molecule has 15 nitrogen and oxygen atoms in total. The van der Waals surface area contributed by atoms with Crippen LogP contribution in [0.25, 0.3) is 0 Å². The fourth-order valence-corrected chi connectivity index (χ4v) is 7.00. The van der Waals surface area contributed by atoms with Crippen molar-refractivity contribution < 1.29 is 32.7 Å². The lowest BCUT2D eigenvalue weighted by Gasteiger charge is -2.25. The topological polar surface area (TPSA) is 236 Å². The number of amides is 3. The fourth-order valence-electron chi connectivity index (χ4n) is 5.33. The van der Waals surface area contributed by atoms with Crippen LogP contribution in [-0.2, 0) is 35.6 Å². The van der Waals surface area contributed by atoms with Gasteiger partial charge in [-0.2, -0.15) is 4.31 Å². The standard InChI is InChI=1S/C32H46N8O7S/c1-35-18-7-3-6-12-28(41)38-25(17-19-36-32(33)34)29(42)37-23-15-13-22(14-16-23)21-26(31(44)45)39-30(43)27-11-8-20-40(27)48(46,47)24-9-4-2-5-10-24/h2,4-5,9-10,13-16,25-27,35H,3,6-8,11-12,17-21H2,1H3,(H,37,42)(H,38,41)(H,39,43)(H,44,45)(H4,33,34,36)/t25-,26-,27?/m0/s1. The van der Waals surface area contributed by atoms with Crippen LogP contribution in [0.15, 0.2) is 59.5 Å². The first-order chi connectivity index (χ1) is 22.9. The minimum atomic E-state index is -3.95. The predicted molar refractivity (Wildman–Crippen MR) is 181 cm³/mol. The number of nitrogens with two attached hydrogens (primary N) is 1. The molecule has 1 unspecified atom stereocenters. The van der Waals surface area contributed by atoms with E-state index < -0.39 is 45.9 Å². The van der Waals surface area contributed by atoms with Crippen LogP contribution in [0.1, 0.15) is 50.5 Å². The second-order valence-electron chi connectivity index (χ2n) is 11.5. The SMILES string of the molecule is CNCCCCCC(=O)N[C@@H](CCNC(=N)N)C(=O)Nc1ccc(C[C@H](NC(=O)C2CCCN2S(=O)(=O)c2ccccc2)C(=O)O)cc1. The van der Waals surface area contributed by atoms with Gasteiger partial charge < -0.3 is 37.4 Å². The highest BCUT2D eigenvalue weighted by Gasteiger charge is 2.40. The van der Waals surface area contributed by atoms with Crippen LogP contribution in [0.2, 0.25) is 0 Å². The van der Waals surface area contributed by atoms with Crippen molar-refractivity contribution in [3.8, 4) is 0 Å². The Labute approximate surface area is 281 Å². The maximum Gasteiger partial charge on any atom is 0.326 e. The Kier molecular flexibility index (Phi) is 14.8. The number of carboxylic acid groups (broad SMARTS) is 1. The molecule has 3 amide bonds. The number of unbranched alkanes of at least 4 members (excludes halogenated alkanes) is 2. The minimum absolute atomic E-state index is 0.0591. The highest BCUT2D eigenvalue weighted by Crippen LogP contribution is 2.26. The molecule has 3 rings (SSSR count). The number of nitrogens with one attached hydrogen (secondary N) is 6. The van der Waals surface area contributed by atoms with Crippen LogP contribution in [0.5, 0.6) is 0 Å². The third kappa shape index (κ3) is 11.6. The van der Waals surface area contributed by atoms with Crippen LogP contribution in [-0.4, -0.2) is 92.3 Å². The molecule has 3 atom stereocenters. The summed E-state index contributed by atoms with van der Waals surface area (Å²) in [6, 6.07) is 10.9. The van der Waals surface area contributed by atoms with Gasteiger partial charge in [-0.15, -0.1) is 0 Å². The van der Waals surface area contributed by atoms with E-state index in [1.807, 2.05) is 7.05 Å². The molecule has 1 saturated heterocycles. The van der Waals surface area contributed by atoms with E-state index in [0.29, 0.717) is 24.1 Å². The number of guanidine groups is 1. The Morgan fingerprint density at radius 3 is 2.33 bits per heavy atom. The molecule has 2 aromatic carbocycles. The summed E-state index contributed by atoms with van der Waals surface area (Å²) < 4.78 is 27.5. The number of hydrogen-bond donors (Lipinski definition) is 8. The molecule has 0 saturated carbocycles. The third-order valence-corrected chi connectivity index (χ3v) is 9.79. The van der Waals surface area contributed by atoms with E-state index >= 15 is 0 Å². The van der Waals surface area contributed by atoms with Crippen molar-refractivity contribution >= 4 is 45.4 Å². The zero-order valence-corrected chi connectivity index (χ0v) is 27.9. The summed E-state index contributed by atoms with van der Waals surface area (Å²) in [5.41, 5.74) is 6.30. The summed E-state index contributed by atoms with van der Waals surface area (Å²) >= 11 is 0. The highest BCUT2D eigenvalue weighted by molar-refractivity contribution is 7.89. The van der Waals surface area contributed by atoms with Crippen LogP contribution < -0.4 is 32.3 Å². The summed E-state index contributed by atoms with van der Waals surface area (Å²) in [4.78, 5) is 51.0. The zero-order chi connectivity index (χ0) is 35.1. The lowest BCUT2D eigenvalue weighted by molar-refractivity contribution is -0.142. The fraction of sp³-hybridized carbons (Fsp3) is 0.469. The van der Waals surface area contributed by atoms with E-state index in [1.165, 1.54) is 12.1 Å². The van der Waals surface area contributed by atoms with Crippen molar-refractivity contribution in [3.05, 3.63) is 60.2 Å². The monoisotopic (exact) mass is 686 g/mol. The molecule has 0 bridgehead atoms. The highest BCUT2D eigenvalue weighted by atomic mass is 32.2. The minimum Gasteiger partial charge on any atom is -0.480 e. The smallest absolute Gasteiger partial charge is 0.326 e. The van der Waals surface area contributed by atoms with Gasteiger partial charge in [-0.25, -0.2) is 13.2 Å². The van der Waals surface area contributed by atoms with Crippen molar-refractivity contribution in [1.29, 1.82) is 5.41 Å². The Morgan fingerprint density at radius 2 is 1.69 bits per heavy atom. The maximum absolute atomic E-state index is 13.2. The molecule has 9 N–H and O–H groups in total. The van der Waals surface area contributed by atoms with Crippen molar-refractivity contribution in [2.24, 2.45) is 5.73 Å². The quantitative estimate of drug-likeness (QED) is 0.0586. The number of carbonyl (C=O) groups is 4. The number of carbonyl (C=O) groups excluding carboxylic acids is 3. The molecule has 0 radical (unpaired) electrons. The molecule has 262 valence electrons. The van der Waals surface area contributed by atoms with Gasteiger partial charge in [0.05, 0.1) is 4.90 Å². The van der Waals surface area contributed by atoms with E-state index in [4.69, 9.17) is 11.1 Å². The number of aliphatic carboxylic acids is 1. The van der Waals surface area contributed by atoms with E-state index in [9.17, 15) is 32.7 Å². The number of carboxylic acids is 1. The molecule has 0 aromatic heterocycles. The summed E-state index contributed by atoms with van der Waals surface area (Å²) in [6.07, 6.45) is 3.57. The summed E-state index contributed by atoms with van der Waals surface area (Å²) in [6.45, 7) is 1.19. The first-order valence-electron chi connectivity index (χ1n) is 15.9. The average molecular weight is 687 g/mol. The number of hydrogen-bond acceptors (Lipinski definition) is 8. The molecule has 0 aliphatic carbocycles. The van der Waals surface area contributed by atoms with Crippen molar-refractivity contribution in [2.75, 3.05) is 32.0 Å². The molecule has 1 aliphatic heterocycles. The lowest BCUT2D eigenvalue weighted by Crippen LogP contribution is -2.51. The Hall–Kier alpha value is -4.54. The third-order valence-electron chi connectivity index (χ3n) is 7.86. The van der Waals surface area contributed by atoms with Gasteiger partial charge in [0.25, 0.3) is 0 Å². The van der Waals surface area contributed by atoms with E-state index in [2.05, 4.69) is 26.6 Å². The molecule has 2 aromatic rings. The number of sulfonamides is 1. The Balaban J connectivity index is 1.60. The van der Waals surface area contributed by atoms with Crippen LogP contribution in [0.4, 0.5) is 5.69 Å². The number of benzene rings is 2. The van der Waals surface area contributed by atoms with Gasteiger partial charge in [-0.05, 0) is 75.5 Å². The molecule has 16 heteroatoms. The number of rotatable bonds is 19. The Morgan fingerprint density at radius 1 is 0.979 bits per heavy atom. The van der Waals surface area contributed by atoms with E-state index in [0.717, 1.165) is 23.7 Å². The molecular formula is C32H46N8O7S. The van der Waals surface area contributed by atoms with Crippen LogP contribution >= 0.6 is 0 Å². The molecule has 48 heavy (non-hydrogen) atoms. The summed E-state index contributed by atoms with van der Waals surface area (Å²) in [5.74, 6) is -2.96. The normalized spacial score (nSPS) is 16.0. The van der Waals surface area contributed by atoms with Gasteiger partial charge in [0.2, 0.25) is 27.7 Å². The van der Waals surface area contributed by atoms with Crippen LogP contribution in [0.3, 0.4) is 0 Å². The number of nitrogens with zero attached hydrogens (tertiary/aromatic N) is 1. The summed E-state index contributed by atoms with van der Waals surface area (Å²) in [7, 11) is -2.08. The molecule has 0 spiro atoms. The van der Waals surface area contributed by atoms with Gasteiger partial charge in [0.15, 0.2) is 5.96 Å². The van der Waals surface area contributed by atoms with Crippen molar-refractivity contribution in [1.82, 2.24) is 25.6 Å². The van der Waals surface area contributed by atoms with Crippen LogP contribution in [0, 0.1) is 5.41 Å². The predicted octanol–water partition coefficient (Wildman–Crippen LogP) is 0.728. The first-order valence-corrected chi connectivity index (χ1v) is 17.4. The van der Waals surface area contributed by atoms with Gasteiger partial charge in [0.1, 0.15) is 18.1 Å². The Bertz CT molecular complexity index is 1510. The van der Waals surface area contributed by atoms with E-state index in [1.54, 1.807) is 42.5 Å². The van der Waals surface area contributed by atoms with Gasteiger partial charge in [0, 0.05) is 31.6 Å². The van der Waals surface area contributed by atoms with Gasteiger partial charge in [-0.3, -0.25) is 19.8 Å². The average Bonchev–Trinajstić information content (AvgIpc) is 3.56. The second kappa shape index (κ2) is 18.7. The lowest BCUT2D eigenvalue weighted by atomic mass is 10.0. The van der Waals surface area contributed by atoms with Crippen molar-refractivity contribution in [3.63, 3.8) is 0 Å². The van der Waals surface area contributed by atoms with Gasteiger partial charge in [-0.1, -0.05) is 36.8 Å². The maximum atomic E-state index is 13.2. The molecule has 1 heterocycles. The molecule has 1 fully saturated rings.